The van der Waals surface area contributed by atoms with Gasteiger partial charge in [-0.25, -0.2) is 13.4 Å². The number of thiazole rings is 1. The number of hydrogen-bond donors (Lipinski definition) is 0. The smallest absolute Gasteiger partial charge is 0.254 e. The lowest BCUT2D eigenvalue weighted by atomic mass is 10.2. The SMILES string of the molecule is O=S(=O)(c1cnc(Cl)s1)N1CCC(N2CCOCC2)C1. The number of nitrogens with zero attached hydrogens (tertiary/aromatic N) is 3. The largest absolute Gasteiger partial charge is 0.379 e. The first-order valence-corrected chi connectivity index (χ1v) is 9.14. The highest BCUT2D eigenvalue weighted by Crippen LogP contribution is 2.29. The molecule has 0 aliphatic carbocycles. The van der Waals surface area contributed by atoms with E-state index in [2.05, 4.69) is 9.88 Å². The molecule has 0 saturated carbocycles. The van der Waals surface area contributed by atoms with Gasteiger partial charge in [-0.3, -0.25) is 4.90 Å². The zero-order valence-corrected chi connectivity index (χ0v) is 13.3. The third kappa shape index (κ3) is 2.86. The van der Waals surface area contributed by atoms with Crippen molar-refractivity contribution in [1.82, 2.24) is 14.2 Å². The molecule has 6 nitrogen and oxygen atoms in total. The zero-order valence-electron chi connectivity index (χ0n) is 10.9. The number of rotatable bonds is 3. The van der Waals surface area contributed by atoms with E-state index < -0.39 is 10.0 Å². The van der Waals surface area contributed by atoms with Gasteiger partial charge in [0.05, 0.1) is 19.4 Å². The minimum Gasteiger partial charge on any atom is -0.379 e. The van der Waals surface area contributed by atoms with Crippen LogP contribution in [-0.4, -0.2) is 68.0 Å². The molecule has 20 heavy (non-hydrogen) atoms. The van der Waals surface area contributed by atoms with Crippen LogP contribution in [-0.2, 0) is 14.8 Å². The molecule has 1 aromatic rings. The molecule has 1 atom stereocenters. The summed E-state index contributed by atoms with van der Waals surface area (Å²) in [6.07, 6.45) is 2.20. The van der Waals surface area contributed by atoms with Crippen molar-refractivity contribution in [3.8, 4) is 0 Å². The highest BCUT2D eigenvalue weighted by atomic mass is 35.5. The molecule has 2 aliphatic rings. The summed E-state index contributed by atoms with van der Waals surface area (Å²) in [5, 5.41) is 0. The molecule has 3 rings (SSSR count). The fraction of sp³-hybridized carbons (Fsp3) is 0.727. The molecule has 2 fully saturated rings. The molecular formula is C11H16ClN3O3S2. The Morgan fingerprint density at radius 1 is 1.35 bits per heavy atom. The van der Waals surface area contributed by atoms with E-state index in [0.29, 0.717) is 13.1 Å². The average molecular weight is 338 g/mol. The van der Waals surface area contributed by atoms with E-state index in [1.807, 2.05) is 0 Å². The number of hydrogen-bond acceptors (Lipinski definition) is 6. The monoisotopic (exact) mass is 337 g/mol. The van der Waals surface area contributed by atoms with Crippen LogP contribution in [0, 0.1) is 0 Å². The molecule has 3 heterocycles. The van der Waals surface area contributed by atoms with Crippen molar-refractivity contribution in [3.63, 3.8) is 0 Å². The van der Waals surface area contributed by atoms with Crippen LogP contribution in [0.2, 0.25) is 4.47 Å². The Kier molecular flexibility index (Phi) is 4.30. The molecule has 9 heteroatoms. The highest BCUT2D eigenvalue weighted by Gasteiger charge is 2.36. The number of ether oxygens (including phenoxy) is 1. The standard InChI is InChI=1S/C11H16ClN3O3S2/c12-11-13-7-10(19-11)20(16,17)15-2-1-9(8-15)14-3-5-18-6-4-14/h7,9H,1-6,8H2. The molecule has 0 aromatic carbocycles. The van der Waals surface area contributed by atoms with E-state index in [4.69, 9.17) is 16.3 Å². The maximum absolute atomic E-state index is 12.5. The van der Waals surface area contributed by atoms with Crippen molar-refractivity contribution in [2.45, 2.75) is 16.7 Å². The summed E-state index contributed by atoms with van der Waals surface area (Å²) in [6.45, 7) is 4.31. The molecule has 2 aliphatic heterocycles. The topological polar surface area (TPSA) is 62.7 Å². The maximum atomic E-state index is 12.5. The predicted octanol–water partition coefficient (Wildman–Crippen LogP) is 0.892. The Balaban J connectivity index is 1.70. The second-order valence-electron chi connectivity index (χ2n) is 4.89. The van der Waals surface area contributed by atoms with Crippen molar-refractivity contribution in [3.05, 3.63) is 10.7 Å². The minimum atomic E-state index is -3.44. The molecule has 2 saturated heterocycles. The molecule has 0 bridgehead atoms. The fourth-order valence-electron chi connectivity index (χ4n) is 2.66. The van der Waals surface area contributed by atoms with Crippen molar-refractivity contribution < 1.29 is 13.2 Å². The summed E-state index contributed by atoms with van der Waals surface area (Å²) in [6, 6.07) is 0.289. The summed E-state index contributed by atoms with van der Waals surface area (Å²) in [7, 11) is -3.44. The Morgan fingerprint density at radius 3 is 2.75 bits per heavy atom. The number of aromatic nitrogens is 1. The van der Waals surface area contributed by atoms with Gasteiger partial charge in [0.1, 0.15) is 0 Å². The van der Waals surface area contributed by atoms with Crippen LogP contribution < -0.4 is 0 Å². The first-order valence-electron chi connectivity index (χ1n) is 6.50. The van der Waals surface area contributed by atoms with Gasteiger partial charge in [-0.05, 0) is 6.42 Å². The first kappa shape index (κ1) is 14.7. The fourth-order valence-corrected chi connectivity index (χ4v) is 5.60. The summed E-state index contributed by atoms with van der Waals surface area (Å²) >= 11 is 6.74. The van der Waals surface area contributed by atoms with E-state index in [0.717, 1.165) is 44.1 Å². The third-order valence-electron chi connectivity index (χ3n) is 3.74. The Labute approximate surface area is 127 Å². The van der Waals surface area contributed by atoms with Crippen molar-refractivity contribution in [1.29, 1.82) is 0 Å². The van der Waals surface area contributed by atoms with E-state index in [-0.39, 0.29) is 14.7 Å². The van der Waals surface area contributed by atoms with E-state index in [9.17, 15) is 8.42 Å². The molecule has 0 spiro atoms. The molecule has 0 N–H and O–H groups in total. The molecule has 112 valence electrons. The lowest BCUT2D eigenvalue weighted by Gasteiger charge is -2.31. The minimum absolute atomic E-state index is 0.227. The molecule has 1 aromatic heterocycles. The number of sulfonamides is 1. The lowest BCUT2D eigenvalue weighted by Crippen LogP contribution is -2.45. The van der Waals surface area contributed by atoms with Gasteiger partial charge in [0.15, 0.2) is 8.68 Å². The molecule has 1 unspecified atom stereocenters. The summed E-state index contributed by atoms with van der Waals surface area (Å²) in [5.41, 5.74) is 0. The second-order valence-corrected chi connectivity index (χ2v) is 8.66. The molecule has 0 amide bonds. The van der Waals surface area contributed by atoms with Crippen LogP contribution in [0.1, 0.15) is 6.42 Å². The van der Waals surface area contributed by atoms with Crippen LogP contribution in [0.5, 0.6) is 0 Å². The predicted molar refractivity (Wildman–Crippen MR) is 76.7 cm³/mol. The van der Waals surface area contributed by atoms with E-state index in [1.54, 1.807) is 0 Å². The third-order valence-corrected chi connectivity index (χ3v) is 7.16. The maximum Gasteiger partial charge on any atom is 0.254 e. The number of halogens is 1. The highest BCUT2D eigenvalue weighted by molar-refractivity contribution is 7.91. The first-order chi connectivity index (χ1) is 9.57. The summed E-state index contributed by atoms with van der Waals surface area (Å²) in [5.74, 6) is 0. The van der Waals surface area contributed by atoms with Crippen LogP contribution in [0.25, 0.3) is 0 Å². The van der Waals surface area contributed by atoms with Crippen LogP contribution in [0.3, 0.4) is 0 Å². The normalized spacial score (nSPS) is 26.1. The van der Waals surface area contributed by atoms with E-state index in [1.165, 1.54) is 10.5 Å². The quantitative estimate of drug-likeness (QED) is 0.819. The van der Waals surface area contributed by atoms with Gasteiger partial charge in [-0.15, -0.1) is 0 Å². The van der Waals surface area contributed by atoms with Gasteiger partial charge in [0, 0.05) is 32.2 Å². The van der Waals surface area contributed by atoms with Gasteiger partial charge < -0.3 is 4.74 Å². The van der Waals surface area contributed by atoms with Crippen molar-refractivity contribution in [2.24, 2.45) is 0 Å². The van der Waals surface area contributed by atoms with Gasteiger partial charge in [0.2, 0.25) is 0 Å². The molecule has 0 radical (unpaired) electrons. The Hall–Kier alpha value is -0.250. The van der Waals surface area contributed by atoms with Crippen LogP contribution in [0.4, 0.5) is 0 Å². The van der Waals surface area contributed by atoms with E-state index >= 15 is 0 Å². The van der Waals surface area contributed by atoms with Gasteiger partial charge >= 0.3 is 0 Å². The van der Waals surface area contributed by atoms with Crippen molar-refractivity contribution >= 4 is 33.0 Å². The van der Waals surface area contributed by atoms with Crippen LogP contribution in [0.15, 0.2) is 10.4 Å². The van der Waals surface area contributed by atoms with Crippen molar-refractivity contribution in [2.75, 3.05) is 39.4 Å². The van der Waals surface area contributed by atoms with Gasteiger partial charge in [0.25, 0.3) is 10.0 Å². The van der Waals surface area contributed by atoms with Gasteiger partial charge in [-0.1, -0.05) is 22.9 Å². The Bertz CT molecular complexity index is 571. The number of morpholine rings is 1. The summed E-state index contributed by atoms with van der Waals surface area (Å²) in [4.78, 5) is 6.13. The lowest BCUT2D eigenvalue weighted by molar-refractivity contribution is 0.0197. The molecular weight excluding hydrogens is 322 g/mol. The Morgan fingerprint density at radius 2 is 2.10 bits per heavy atom. The average Bonchev–Trinajstić information content (AvgIpc) is 3.09. The second kappa shape index (κ2) is 5.86. The summed E-state index contributed by atoms with van der Waals surface area (Å²) < 4.78 is 32.3. The van der Waals surface area contributed by atoms with Crippen LogP contribution >= 0.6 is 22.9 Å². The zero-order chi connectivity index (χ0) is 14.2. The van der Waals surface area contributed by atoms with Gasteiger partial charge in [-0.2, -0.15) is 4.31 Å².